The van der Waals surface area contributed by atoms with Gasteiger partial charge in [-0.3, -0.25) is 4.55 Å². The van der Waals surface area contributed by atoms with Crippen LogP contribution in [0.4, 0.5) is 13.2 Å². The normalized spacial score (nSPS) is 14.2. The van der Waals surface area contributed by atoms with Crippen molar-refractivity contribution in [3.05, 3.63) is 25.6 Å². The second-order valence-electron chi connectivity index (χ2n) is 3.59. The van der Waals surface area contributed by atoms with E-state index in [2.05, 4.69) is 52.5 Å². The largest absolute Gasteiger partial charge is 0.479 e. The molecule has 1 unspecified atom stereocenters. The summed E-state index contributed by atoms with van der Waals surface area (Å²) < 4.78 is 73.8. The molecule has 0 amide bonds. The zero-order valence-corrected chi connectivity index (χ0v) is 14.9. The van der Waals surface area contributed by atoms with Crippen LogP contribution in [0.25, 0.3) is 0 Å². The lowest BCUT2D eigenvalue weighted by Crippen LogP contribution is -2.40. The van der Waals surface area contributed by atoms with E-state index in [0.29, 0.717) is 8.95 Å². The van der Waals surface area contributed by atoms with E-state index in [1.165, 1.54) is 12.1 Å². The third-order valence-corrected chi connectivity index (χ3v) is 5.16. The lowest BCUT2D eigenvalue weighted by Gasteiger charge is -2.21. The molecule has 0 aliphatic rings. The van der Waals surface area contributed by atoms with Crippen molar-refractivity contribution < 1.29 is 30.9 Å². The molecule has 0 radical (unpaired) electrons. The Morgan fingerprint density at radius 3 is 2.10 bits per heavy atom. The molecule has 0 aromatic heterocycles. The van der Waals surface area contributed by atoms with Crippen LogP contribution in [0.1, 0.15) is 0 Å². The van der Waals surface area contributed by atoms with Gasteiger partial charge in [0.05, 0.1) is 4.47 Å². The van der Waals surface area contributed by atoms with Gasteiger partial charge in [-0.2, -0.15) is 21.6 Å². The molecule has 1 aromatic rings. The summed E-state index contributed by atoms with van der Waals surface area (Å²) in [5, 5.41) is 0. The van der Waals surface area contributed by atoms with Gasteiger partial charge in [-0.1, -0.05) is 0 Å². The standard InChI is InChI=1S/C9H6Br3F3O4S/c10-4-1-6(12)7(2-5(4)11)19-8(9(13,14)15)3-20(16,17)18/h1-2,8H,3H2,(H,16,17,18). The first kappa shape index (κ1) is 18.2. The minimum atomic E-state index is -4.95. The van der Waals surface area contributed by atoms with Crippen molar-refractivity contribution >= 4 is 57.9 Å². The van der Waals surface area contributed by atoms with Gasteiger partial charge in [0.1, 0.15) is 11.5 Å². The summed E-state index contributed by atoms with van der Waals surface area (Å²) in [6.45, 7) is 0. The SMILES string of the molecule is O=S(=O)(O)CC(Oc1cc(Br)c(Br)cc1Br)C(F)(F)F. The van der Waals surface area contributed by atoms with E-state index in [1.807, 2.05) is 0 Å². The Kier molecular flexibility index (Phi) is 5.93. The van der Waals surface area contributed by atoms with Crippen LogP contribution in [0.3, 0.4) is 0 Å². The topological polar surface area (TPSA) is 63.6 Å². The molecule has 0 saturated heterocycles. The Morgan fingerprint density at radius 2 is 1.65 bits per heavy atom. The highest BCUT2D eigenvalue weighted by Crippen LogP contribution is 2.36. The molecule has 0 spiro atoms. The lowest BCUT2D eigenvalue weighted by atomic mass is 10.3. The van der Waals surface area contributed by atoms with Crippen LogP contribution >= 0.6 is 47.8 Å². The summed E-state index contributed by atoms with van der Waals surface area (Å²) in [7, 11) is -4.84. The van der Waals surface area contributed by atoms with Gasteiger partial charge >= 0.3 is 6.18 Å². The van der Waals surface area contributed by atoms with Gasteiger partial charge in [-0.25, -0.2) is 0 Å². The summed E-state index contributed by atoms with van der Waals surface area (Å²) in [4.78, 5) is 0. The first-order chi connectivity index (χ1) is 8.90. The summed E-state index contributed by atoms with van der Waals surface area (Å²) in [5.74, 6) is -1.80. The van der Waals surface area contributed by atoms with E-state index >= 15 is 0 Å². The molecule has 1 rings (SSSR count). The summed E-state index contributed by atoms with van der Waals surface area (Å²) in [6, 6.07) is 2.66. The maximum atomic E-state index is 12.7. The number of hydrogen-bond acceptors (Lipinski definition) is 3. The summed E-state index contributed by atoms with van der Waals surface area (Å²) in [6.07, 6.45) is -7.63. The second kappa shape index (κ2) is 6.51. The van der Waals surface area contributed by atoms with Gasteiger partial charge in [0.25, 0.3) is 10.1 Å². The number of alkyl halides is 3. The number of hydrogen-bond donors (Lipinski definition) is 1. The highest BCUT2D eigenvalue weighted by Gasteiger charge is 2.44. The van der Waals surface area contributed by atoms with Crippen LogP contribution < -0.4 is 4.74 Å². The van der Waals surface area contributed by atoms with E-state index < -0.39 is 28.2 Å². The Morgan fingerprint density at radius 1 is 1.15 bits per heavy atom. The molecular weight excluding hydrogens is 501 g/mol. The van der Waals surface area contributed by atoms with Gasteiger partial charge in [0, 0.05) is 8.95 Å². The fourth-order valence-electron chi connectivity index (χ4n) is 1.13. The van der Waals surface area contributed by atoms with E-state index in [1.54, 1.807) is 0 Å². The van der Waals surface area contributed by atoms with Crippen molar-refractivity contribution in [2.75, 3.05) is 5.75 Å². The maximum Gasteiger partial charge on any atom is 0.426 e. The number of benzene rings is 1. The average molecular weight is 507 g/mol. The minimum Gasteiger partial charge on any atom is -0.479 e. The van der Waals surface area contributed by atoms with Crippen LogP contribution in [-0.4, -0.2) is 31.0 Å². The Labute approximate surface area is 137 Å². The van der Waals surface area contributed by atoms with E-state index in [0.717, 1.165) is 0 Å². The van der Waals surface area contributed by atoms with E-state index in [-0.39, 0.29) is 10.2 Å². The van der Waals surface area contributed by atoms with Crippen molar-refractivity contribution in [2.24, 2.45) is 0 Å². The predicted molar refractivity (Wildman–Crippen MR) is 76.4 cm³/mol. The number of rotatable bonds is 4. The molecule has 1 aromatic carbocycles. The van der Waals surface area contributed by atoms with Gasteiger partial charge in [-0.15, -0.1) is 0 Å². The average Bonchev–Trinajstić information content (AvgIpc) is 2.21. The molecule has 0 aliphatic heterocycles. The van der Waals surface area contributed by atoms with Crippen LogP contribution in [-0.2, 0) is 10.1 Å². The number of ether oxygens (including phenoxy) is 1. The predicted octanol–water partition coefficient (Wildman–Crippen LogP) is 4.17. The molecule has 0 fully saturated rings. The quantitative estimate of drug-likeness (QED) is 0.492. The minimum absolute atomic E-state index is 0.192. The molecule has 0 aliphatic carbocycles. The smallest absolute Gasteiger partial charge is 0.426 e. The Hall–Kier alpha value is 0.160. The molecule has 4 nitrogen and oxygen atoms in total. The van der Waals surface area contributed by atoms with E-state index in [9.17, 15) is 21.6 Å². The fraction of sp³-hybridized carbons (Fsp3) is 0.333. The fourth-order valence-corrected chi connectivity index (χ4v) is 3.18. The molecule has 0 heterocycles. The molecule has 1 atom stereocenters. The molecule has 20 heavy (non-hydrogen) atoms. The van der Waals surface area contributed by atoms with Crippen molar-refractivity contribution in [1.82, 2.24) is 0 Å². The second-order valence-corrected chi connectivity index (χ2v) is 7.65. The third kappa shape index (κ3) is 5.51. The van der Waals surface area contributed by atoms with Crippen LogP contribution in [0.15, 0.2) is 25.6 Å². The zero-order chi connectivity index (χ0) is 15.7. The maximum absolute atomic E-state index is 12.7. The summed E-state index contributed by atoms with van der Waals surface area (Å²) in [5.41, 5.74) is 0. The van der Waals surface area contributed by atoms with Gasteiger partial charge in [0.2, 0.25) is 6.10 Å². The highest BCUT2D eigenvalue weighted by molar-refractivity contribution is 9.13. The molecule has 0 bridgehead atoms. The zero-order valence-electron chi connectivity index (χ0n) is 9.29. The van der Waals surface area contributed by atoms with Gasteiger partial charge in [-0.05, 0) is 59.9 Å². The molecule has 0 saturated carbocycles. The molecule has 11 heteroatoms. The first-order valence-electron chi connectivity index (χ1n) is 4.73. The van der Waals surface area contributed by atoms with Crippen LogP contribution in [0.2, 0.25) is 0 Å². The first-order valence-corrected chi connectivity index (χ1v) is 8.72. The Bertz CT molecular complexity index is 603. The van der Waals surface area contributed by atoms with Crippen molar-refractivity contribution in [3.63, 3.8) is 0 Å². The third-order valence-electron chi connectivity index (χ3n) is 1.97. The highest BCUT2D eigenvalue weighted by atomic mass is 79.9. The van der Waals surface area contributed by atoms with E-state index in [4.69, 9.17) is 4.55 Å². The summed E-state index contributed by atoms with van der Waals surface area (Å²) >= 11 is 9.23. The van der Waals surface area contributed by atoms with Crippen molar-refractivity contribution in [1.29, 1.82) is 0 Å². The van der Waals surface area contributed by atoms with Crippen molar-refractivity contribution in [2.45, 2.75) is 12.3 Å². The van der Waals surface area contributed by atoms with Gasteiger partial charge < -0.3 is 4.74 Å². The Balaban J connectivity index is 3.11. The monoisotopic (exact) mass is 504 g/mol. The van der Waals surface area contributed by atoms with Crippen LogP contribution in [0, 0.1) is 0 Å². The number of halogens is 6. The molecule has 1 N–H and O–H groups in total. The molecular formula is C9H6Br3F3O4S. The lowest BCUT2D eigenvalue weighted by molar-refractivity contribution is -0.188. The molecule has 114 valence electrons. The van der Waals surface area contributed by atoms with Crippen LogP contribution in [0.5, 0.6) is 5.75 Å². The van der Waals surface area contributed by atoms with Gasteiger partial charge in [0.15, 0.2) is 0 Å². The van der Waals surface area contributed by atoms with Crippen molar-refractivity contribution in [3.8, 4) is 5.75 Å².